The van der Waals surface area contributed by atoms with E-state index in [1.54, 1.807) is 0 Å². The molecular weight excluding hydrogens is 390 g/mol. The molecular formula is C26H29NO2S. The fourth-order valence-corrected chi connectivity index (χ4v) is 6.10. The van der Waals surface area contributed by atoms with Gasteiger partial charge in [-0.1, -0.05) is 90.0 Å². The second kappa shape index (κ2) is 8.37. The fourth-order valence-electron chi connectivity index (χ4n) is 4.57. The number of likely N-dealkylation sites (tertiary alicyclic amines) is 1. The highest BCUT2D eigenvalue weighted by Gasteiger charge is 2.42. The summed E-state index contributed by atoms with van der Waals surface area (Å²) in [5.74, 6) is 0.0980. The first-order valence-electron chi connectivity index (χ1n) is 10.4. The minimum absolute atomic E-state index is 0.0980. The lowest BCUT2D eigenvalue weighted by Crippen LogP contribution is -2.52. The molecule has 156 valence electrons. The van der Waals surface area contributed by atoms with Crippen molar-refractivity contribution in [3.05, 3.63) is 107 Å². The van der Waals surface area contributed by atoms with Crippen LogP contribution in [-0.2, 0) is 9.84 Å². The van der Waals surface area contributed by atoms with Gasteiger partial charge in [-0.15, -0.1) is 0 Å². The van der Waals surface area contributed by atoms with Gasteiger partial charge in [0.05, 0.1) is 11.3 Å². The average Bonchev–Trinajstić information content (AvgIpc) is 2.68. The quantitative estimate of drug-likeness (QED) is 0.557. The molecule has 1 saturated heterocycles. The molecule has 4 heteroatoms. The number of rotatable bonds is 6. The van der Waals surface area contributed by atoms with E-state index < -0.39 is 15.1 Å². The van der Waals surface area contributed by atoms with E-state index in [4.69, 9.17) is 0 Å². The van der Waals surface area contributed by atoms with Gasteiger partial charge >= 0.3 is 0 Å². The summed E-state index contributed by atoms with van der Waals surface area (Å²) >= 11 is 0. The molecule has 1 fully saturated rings. The van der Waals surface area contributed by atoms with E-state index in [0.717, 1.165) is 18.7 Å². The summed E-state index contributed by atoms with van der Waals surface area (Å²) in [6, 6.07) is 27.2. The average molecular weight is 420 g/mol. The Hall–Kier alpha value is -2.43. The number of hydrogen-bond acceptors (Lipinski definition) is 3. The highest BCUT2D eigenvalue weighted by atomic mass is 32.2. The Balaban J connectivity index is 1.62. The van der Waals surface area contributed by atoms with Gasteiger partial charge in [0.15, 0.2) is 9.84 Å². The predicted octanol–water partition coefficient (Wildman–Crippen LogP) is 5.11. The Bertz CT molecular complexity index is 1040. The lowest BCUT2D eigenvalue weighted by Gasteiger charge is -2.47. The number of benzene rings is 3. The first-order valence-corrected chi connectivity index (χ1v) is 12.4. The molecule has 0 N–H and O–H groups in total. The third-order valence-corrected chi connectivity index (χ3v) is 7.69. The summed E-state index contributed by atoms with van der Waals surface area (Å²) in [5.41, 5.74) is 5.87. The van der Waals surface area contributed by atoms with E-state index in [1.165, 1.54) is 28.5 Å². The SMILES string of the molecule is Cc1ccc(C(c2ccc(C)cc2)N2CC(C(c3ccccc3)S(C)(=O)=O)C2)cc1. The van der Waals surface area contributed by atoms with Crippen molar-refractivity contribution in [2.24, 2.45) is 5.92 Å². The van der Waals surface area contributed by atoms with Gasteiger partial charge in [-0.3, -0.25) is 4.90 Å². The van der Waals surface area contributed by atoms with Crippen LogP contribution in [0.3, 0.4) is 0 Å². The van der Waals surface area contributed by atoms with Gasteiger partial charge in [0, 0.05) is 25.3 Å². The zero-order chi connectivity index (χ0) is 21.3. The standard InChI is InChI=1S/C26H29NO2S/c1-19-9-13-21(14-10-19)25(22-15-11-20(2)12-16-22)27-17-24(18-27)26(30(3,28)29)23-7-5-4-6-8-23/h4-16,24-26H,17-18H2,1-3H3. The molecule has 0 saturated carbocycles. The lowest BCUT2D eigenvalue weighted by atomic mass is 9.86. The van der Waals surface area contributed by atoms with Crippen LogP contribution >= 0.6 is 0 Å². The summed E-state index contributed by atoms with van der Waals surface area (Å²) in [6.07, 6.45) is 1.37. The molecule has 0 radical (unpaired) electrons. The smallest absolute Gasteiger partial charge is 0.154 e. The van der Waals surface area contributed by atoms with E-state index in [9.17, 15) is 8.42 Å². The molecule has 1 aliphatic heterocycles. The summed E-state index contributed by atoms with van der Waals surface area (Å²) in [4.78, 5) is 2.40. The number of sulfone groups is 1. The van der Waals surface area contributed by atoms with Crippen molar-refractivity contribution in [1.82, 2.24) is 4.90 Å². The molecule has 0 amide bonds. The second-order valence-electron chi connectivity index (χ2n) is 8.60. The Morgan fingerprint density at radius 2 is 1.20 bits per heavy atom. The zero-order valence-electron chi connectivity index (χ0n) is 17.8. The third-order valence-electron chi connectivity index (χ3n) is 6.11. The topological polar surface area (TPSA) is 37.4 Å². The Morgan fingerprint density at radius 3 is 1.63 bits per heavy atom. The first kappa shape index (κ1) is 20.8. The van der Waals surface area contributed by atoms with Crippen LogP contribution in [0.15, 0.2) is 78.9 Å². The van der Waals surface area contributed by atoms with Crippen molar-refractivity contribution in [3.8, 4) is 0 Å². The molecule has 3 aromatic rings. The van der Waals surface area contributed by atoms with E-state index in [0.29, 0.717) is 0 Å². The summed E-state index contributed by atoms with van der Waals surface area (Å²) < 4.78 is 25.3. The molecule has 30 heavy (non-hydrogen) atoms. The molecule has 0 spiro atoms. The molecule has 0 aliphatic carbocycles. The largest absolute Gasteiger partial charge is 0.292 e. The molecule has 0 aromatic heterocycles. The highest BCUT2D eigenvalue weighted by Crippen LogP contribution is 2.41. The maximum absolute atomic E-state index is 12.6. The molecule has 4 rings (SSSR count). The monoisotopic (exact) mass is 419 g/mol. The van der Waals surface area contributed by atoms with Crippen molar-refractivity contribution in [1.29, 1.82) is 0 Å². The van der Waals surface area contributed by atoms with Crippen LogP contribution in [0, 0.1) is 19.8 Å². The Kier molecular flexibility index (Phi) is 5.81. The van der Waals surface area contributed by atoms with Gasteiger partial charge in [-0.05, 0) is 30.5 Å². The molecule has 0 bridgehead atoms. The van der Waals surface area contributed by atoms with Crippen LogP contribution in [-0.4, -0.2) is 32.7 Å². The molecule has 1 heterocycles. The predicted molar refractivity (Wildman–Crippen MR) is 123 cm³/mol. The number of hydrogen-bond donors (Lipinski definition) is 0. The van der Waals surface area contributed by atoms with E-state index in [2.05, 4.69) is 67.3 Å². The molecule has 1 atom stereocenters. The molecule has 3 nitrogen and oxygen atoms in total. The van der Waals surface area contributed by atoms with Crippen LogP contribution in [0.5, 0.6) is 0 Å². The van der Waals surface area contributed by atoms with Gasteiger partial charge in [0.25, 0.3) is 0 Å². The number of aryl methyl sites for hydroxylation is 2. The van der Waals surface area contributed by atoms with Crippen LogP contribution < -0.4 is 0 Å². The first-order chi connectivity index (χ1) is 14.3. The van der Waals surface area contributed by atoms with Crippen LogP contribution in [0.2, 0.25) is 0 Å². The molecule has 1 aliphatic rings. The zero-order valence-corrected chi connectivity index (χ0v) is 18.6. The third kappa shape index (κ3) is 4.35. The number of nitrogens with zero attached hydrogens (tertiary/aromatic N) is 1. The molecule has 3 aromatic carbocycles. The van der Waals surface area contributed by atoms with Crippen molar-refractivity contribution >= 4 is 9.84 Å². The summed E-state index contributed by atoms with van der Waals surface area (Å²) in [7, 11) is -3.19. The van der Waals surface area contributed by atoms with E-state index >= 15 is 0 Å². The highest BCUT2D eigenvalue weighted by molar-refractivity contribution is 7.90. The Labute approximate surface area is 180 Å². The fraction of sp³-hybridized carbons (Fsp3) is 0.308. The lowest BCUT2D eigenvalue weighted by molar-refractivity contribution is 0.0655. The van der Waals surface area contributed by atoms with Crippen LogP contribution in [0.1, 0.15) is 39.1 Å². The van der Waals surface area contributed by atoms with Gasteiger partial charge in [0.2, 0.25) is 0 Å². The van der Waals surface area contributed by atoms with Crippen LogP contribution in [0.4, 0.5) is 0 Å². The van der Waals surface area contributed by atoms with Gasteiger partial charge < -0.3 is 0 Å². The van der Waals surface area contributed by atoms with Gasteiger partial charge in [-0.2, -0.15) is 0 Å². The second-order valence-corrected chi connectivity index (χ2v) is 10.8. The van der Waals surface area contributed by atoms with E-state index in [1.807, 2.05) is 30.3 Å². The van der Waals surface area contributed by atoms with Crippen LogP contribution in [0.25, 0.3) is 0 Å². The van der Waals surface area contributed by atoms with Gasteiger partial charge in [0.1, 0.15) is 0 Å². The summed E-state index contributed by atoms with van der Waals surface area (Å²) in [5, 5.41) is -0.452. The minimum Gasteiger partial charge on any atom is -0.292 e. The van der Waals surface area contributed by atoms with Crippen molar-refractivity contribution in [2.75, 3.05) is 19.3 Å². The Morgan fingerprint density at radius 1 is 0.733 bits per heavy atom. The van der Waals surface area contributed by atoms with Crippen molar-refractivity contribution in [2.45, 2.75) is 25.1 Å². The maximum atomic E-state index is 12.6. The van der Waals surface area contributed by atoms with Crippen molar-refractivity contribution < 1.29 is 8.42 Å². The summed E-state index contributed by atoms with van der Waals surface area (Å²) in [6.45, 7) is 5.72. The minimum atomic E-state index is -3.19. The van der Waals surface area contributed by atoms with Gasteiger partial charge in [-0.25, -0.2) is 8.42 Å². The van der Waals surface area contributed by atoms with E-state index in [-0.39, 0.29) is 12.0 Å². The normalized spacial score (nSPS) is 16.4. The maximum Gasteiger partial charge on any atom is 0.154 e. The molecule has 1 unspecified atom stereocenters. The van der Waals surface area contributed by atoms with Crippen molar-refractivity contribution in [3.63, 3.8) is 0 Å².